The van der Waals surface area contributed by atoms with Crippen molar-refractivity contribution in [3.8, 4) is 6.07 Å². The molecule has 1 aliphatic heterocycles. The van der Waals surface area contributed by atoms with Crippen molar-refractivity contribution in [3.05, 3.63) is 16.6 Å². The van der Waals surface area contributed by atoms with Gasteiger partial charge in [-0.15, -0.1) is 11.3 Å². The predicted molar refractivity (Wildman–Crippen MR) is 64.2 cm³/mol. The zero-order chi connectivity index (χ0) is 12.4. The molecule has 6 heteroatoms. The summed E-state index contributed by atoms with van der Waals surface area (Å²) in [5.74, 6) is -0.136. The molecule has 17 heavy (non-hydrogen) atoms. The number of nitriles is 1. The Bertz CT molecular complexity index is 437. The Balaban J connectivity index is 2.20. The van der Waals surface area contributed by atoms with Crippen molar-refractivity contribution in [3.63, 3.8) is 0 Å². The molecular formula is C11H14N4OS. The smallest absolute Gasteiger partial charge is 0.240 e. The van der Waals surface area contributed by atoms with Crippen molar-refractivity contribution < 1.29 is 4.79 Å². The Kier molecular flexibility index (Phi) is 3.41. The summed E-state index contributed by atoms with van der Waals surface area (Å²) in [6, 6.07) is 1.21. The van der Waals surface area contributed by atoms with Crippen LogP contribution in [0.1, 0.15) is 25.0 Å². The second kappa shape index (κ2) is 4.82. The van der Waals surface area contributed by atoms with Crippen LogP contribution in [0.25, 0.3) is 0 Å². The number of nitrogens with zero attached hydrogens (tertiary/aromatic N) is 3. The second-order valence-corrected chi connectivity index (χ2v) is 4.92. The number of hydrogen-bond acceptors (Lipinski definition) is 5. The lowest BCUT2D eigenvalue weighted by molar-refractivity contribution is -0.132. The van der Waals surface area contributed by atoms with Crippen molar-refractivity contribution in [2.45, 2.75) is 31.3 Å². The lowest BCUT2D eigenvalue weighted by Crippen LogP contribution is -2.45. The SMILES string of the molecule is CC(N)C(=O)N1CCC(c2cscn2)[C@H]1C#N. The van der Waals surface area contributed by atoms with E-state index in [4.69, 9.17) is 5.73 Å². The number of amides is 1. The van der Waals surface area contributed by atoms with Crippen LogP contribution in [0.5, 0.6) is 0 Å². The van der Waals surface area contributed by atoms with Gasteiger partial charge in [-0.05, 0) is 13.3 Å². The van der Waals surface area contributed by atoms with Gasteiger partial charge in [0.15, 0.2) is 0 Å². The third-order valence-corrected chi connectivity index (χ3v) is 3.64. The van der Waals surface area contributed by atoms with E-state index >= 15 is 0 Å². The van der Waals surface area contributed by atoms with Gasteiger partial charge in [-0.1, -0.05) is 0 Å². The van der Waals surface area contributed by atoms with Gasteiger partial charge in [0.2, 0.25) is 5.91 Å². The van der Waals surface area contributed by atoms with Gasteiger partial charge < -0.3 is 10.6 Å². The largest absolute Gasteiger partial charge is 0.325 e. The van der Waals surface area contributed by atoms with Crippen LogP contribution in [0.4, 0.5) is 0 Å². The van der Waals surface area contributed by atoms with Crippen molar-refractivity contribution in [2.75, 3.05) is 6.54 Å². The molecule has 1 aromatic heterocycles. The standard InChI is InChI=1S/C11H14N4OS/c1-7(13)11(16)15-3-2-8(10(15)4-12)9-5-17-6-14-9/h5-8,10H,2-3,13H2,1H3/t7?,8?,10-/m1/s1. The molecule has 3 atom stereocenters. The van der Waals surface area contributed by atoms with E-state index in [-0.39, 0.29) is 11.8 Å². The average Bonchev–Trinajstić information content (AvgIpc) is 2.95. The number of rotatable bonds is 2. The summed E-state index contributed by atoms with van der Waals surface area (Å²) in [6.45, 7) is 2.23. The molecule has 2 N–H and O–H groups in total. The highest BCUT2D eigenvalue weighted by molar-refractivity contribution is 7.07. The molecule has 2 unspecified atom stereocenters. The second-order valence-electron chi connectivity index (χ2n) is 4.20. The molecule has 0 aromatic carbocycles. The zero-order valence-corrected chi connectivity index (χ0v) is 10.4. The number of likely N-dealkylation sites (tertiary alicyclic amines) is 1. The minimum absolute atomic E-state index is 0.0222. The van der Waals surface area contributed by atoms with E-state index in [1.54, 1.807) is 17.3 Å². The van der Waals surface area contributed by atoms with E-state index in [0.29, 0.717) is 6.54 Å². The molecule has 0 saturated carbocycles. The minimum Gasteiger partial charge on any atom is -0.325 e. The van der Waals surface area contributed by atoms with Crippen molar-refractivity contribution in [2.24, 2.45) is 5.73 Å². The van der Waals surface area contributed by atoms with E-state index in [1.807, 2.05) is 5.38 Å². The third-order valence-electron chi connectivity index (χ3n) is 3.03. The Labute approximate surface area is 104 Å². The lowest BCUT2D eigenvalue weighted by Gasteiger charge is -2.23. The number of aromatic nitrogens is 1. The minimum atomic E-state index is -0.556. The number of carbonyl (C=O) groups is 1. The molecule has 90 valence electrons. The fourth-order valence-corrected chi connectivity index (χ4v) is 2.79. The van der Waals surface area contributed by atoms with Gasteiger partial charge in [0.25, 0.3) is 0 Å². The van der Waals surface area contributed by atoms with E-state index in [0.717, 1.165) is 12.1 Å². The quantitative estimate of drug-likeness (QED) is 0.837. The predicted octanol–water partition coefficient (Wildman–Crippen LogP) is 0.698. The van der Waals surface area contributed by atoms with Gasteiger partial charge in [0.05, 0.1) is 23.3 Å². The van der Waals surface area contributed by atoms with Crippen molar-refractivity contribution in [1.29, 1.82) is 5.26 Å². The normalized spacial score (nSPS) is 25.6. The van der Waals surface area contributed by atoms with Gasteiger partial charge >= 0.3 is 0 Å². The Hall–Kier alpha value is -1.45. The maximum atomic E-state index is 11.9. The van der Waals surface area contributed by atoms with Crippen LogP contribution in [0.3, 0.4) is 0 Å². The maximum Gasteiger partial charge on any atom is 0.240 e. The maximum absolute atomic E-state index is 11.9. The molecule has 0 spiro atoms. The van der Waals surface area contributed by atoms with Crippen LogP contribution in [0, 0.1) is 11.3 Å². The van der Waals surface area contributed by atoms with E-state index in [2.05, 4.69) is 11.1 Å². The summed E-state index contributed by atoms with van der Waals surface area (Å²) in [5, 5.41) is 11.2. The number of thiazole rings is 1. The molecule has 1 saturated heterocycles. The topological polar surface area (TPSA) is 83.0 Å². The first-order chi connectivity index (χ1) is 8.15. The van der Waals surface area contributed by atoms with E-state index in [9.17, 15) is 10.1 Å². The van der Waals surface area contributed by atoms with Gasteiger partial charge in [-0.3, -0.25) is 4.79 Å². The summed E-state index contributed by atoms with van der Waals surface area (Å²) >= 11 is 1.51. The molecule has 1 amide bonds. The van der Waals surface area contributed by atoms with Crippen LogP contribution >= 0.6 is 11.3 Å². The first-order valence-electron chi connectivity index (χ1n) is 5.49. The highest BCUT2D eigenvalue weighted by atomic mass is 32.1. The van der Waals surface area contributed by atoms with E-state index in [1.165, 1.54) is 11.3 Å². The van der Waals surface area contributed by atoms with E-state index < -0.39 is 12.1 Å². The number of carbonyl (C=O) groups excluding carboxylic acids is 1. The molecular weight excluding hydrogens is 236 g/mol. The summed E-state index contributed by atoms with van der Waals surface area (Å²) < 4.78 is 0. The first kappa shape index (κ1) is 12.0. The molecule has 2 rings (SSSR count). The van der Waals surface area contributed by atoms with Crippen LogP contribution in [-0.4, -0.2) is 34.4 Å². The highest BCUT2D eigenvalue weighted by Crippen LogP contribution is 2.33. The lowest BCUT2D eigenvalue weighted by atomic mass is 9.98. The fraction of sp³-hybridized carbons (Fsp3) is 0.545. The van der Waals surface area contributed by atoms with Crippen LogP contribution in [-0.2, 0) is 4.79 Å². The van der Waals surface area contributed by atoms with Gasteiger partial charge in [0.1, 0.15) is 6.04 Å². The number of hydrogen-bond donors (Lipinski definition) is 1. The molecule has 0 radical (unpaired) electrons. The van der Waals surface area contributed by atoms with Crippen LogP contribution in [0.2, 0.25) is 0 Å². The summed E-state index contributed by atoms with van der Waals surface area (Å²) in [5.41, 5.74) is 8.24. The van der Waals surface area contributed by atoms with Crippen LogP contribution < -0.4 is 5.73 Å². The zero-order valence-electron chi connectivity index (χ0n) is 9.54. The molecule has 0 bridgehead atoms. The molecule has 1 aliphatic rings. The van der Waals surface area contributed by atoms with Gasteiger partial charge in [0, 0.05) is 17.8 Å². The van der Waals surface area contributed by atoms with Gasteiger partial charge in [-0.25, -0.2) is 4.98 Å². The monoisotopic (exact) mass is 250 g/mol. The third kappa shape index (κ3) is 2.16. The average molecular weight is 250 g/mol. The Morgan fingerprint density at radius 3 is 3.12 bits per heavy atom. The molecule has 2 heterocycles. The molecule has 1 aromatic rings. The first-order valence-corrected chi connectivity index (χ1v) is 6.43. The molecule has 5 nitrogen and oxygen atoms in total. The Morgan fingerprint density at radius 1 is 1.82 bits per heavy atom. The number of nitrogens with two attached hydrogens (primary N) is 1. The van der Waals surface area contributed by atoms with Crippen molar-refractivity contribution in [1.82, 2.24) is 9.88 Å². The summed E-state index contributed by atoms with van der Waals surface area (Å²) in [6.07, 6.45) is 0.778. The van der Waals surface area contributed by atoms with Crippen LogP contribution in [0.15, 0.2) is 10.9 Å². The van der Waals surface area contributed by atoms with Crippen molar-refractivity contribution >= 4 is 17.2 Å². The molecule has 0 aliphatic carbocycles. The fourth-order valence-electron chi connectivity index (χ4n) is 2.18. The summed E-state index contributed by atoms with van der Waals surface area (Å²) in [7, 11) is 0. The highest BCUT2D eigenvalue weighted by Gasteiger charge is 2.39. The Morgan fingerprint density at radius 2 is 2.59 bits per heavy atom. The van der Waals surface area contributed by atoms with Gasteiger partial charge in [-0.2, -0.15) is 5.26 Å². The summed E-state index contributed by atoms with van der Waals surface area (Å²) in [4.78, 5) is 17.7. The molecule has 1 fully saturated rings.